The number of sulfonamides is 1. The highest BCUT2D eigenvalue weighted by molar-refractivity contribution is 7.92. The highest BCUT2D eigenvalue weighted by Gasteiger charge is 2.27. The van der Waals surface area contributed by atoms with Gasteiger partial charge in [-0.15, -0.1) is 0 Å². The molecular formula is C25H25ClN4O5S. The Kier molecular flexibility index (Phi) is 8.68. The van der Waals surface area contributed by atoms with Gasteiger partial charge in [0.15, 0.2) is 0 Å². The predicted molar refractivity (Wildman–Crippen MR) is 140 cm³/mol. The Bertz CT molecular complexity index is 1390. The number of rotatable bonds is 9. The molecule has 2 N–H and O–H groups in total. The Morgan fingerprint density at radius 2 is 1.69 bits per heavy atom. The van der Waals surface area contributed by atoms with Gasteiger partial charge >= 0.3 is 0 Å². The molecule has 0 unspecified atom stereocenters. The molecule has 3 aromatic carbocycles. The number of anilines is 2. The van der Waals surface area contributed by atoms with Crippen molar-refractivity contribution < 1.29 is 22.7 Å². The minimum Gasteiger partial charge on any atom is -0.497 e. The van der Waals surface area contributed by atoms with Crippen molar-refractivity contribution in [1.82, 2.24) is 5.43 Å². The third-order valence-electron chi connectivity index (χ3n) is 4.98. The second-order valence-corrected chi connectivity index (χ2v) is 9.96. The lowest BCUT2D eigenvalue weighted by atomic mass is 10.1. The largest absolute Gasteiger partial charge is 0.497 e. The molecule has 0 radical (unpaired) electrons. The third kappa shape index (κ3) is 6.83. The van der Waals surface area contributed by atoms with E-state index in [0.717, 1.165) is 4.31 Å². The highest BCUT2D eigenvalue weighted by atomic mass is 35.5. The van der Waals surface area contributed by atoms with Crippen molar-refractivity contribution in [1.29, 1.82) is 0 Å². The summed E-state index contributed by atoms with van der Waals surface area (Å²) in [6.45, 7) is 2.53. The average molecular weight is 529 g/mol. The summed E-state index contributed by atoms with van der Waals surface area (Å²) < 4.78 is 33.0. The number of nitrogens with zero attached hydrogens (tertiary/aromatic N) is 2. The molecule has 188 valence electrons. The van der Waals surface area contributed by atoms with Crippen molar-refractivity contribution in [2.75, 3.05) is 23.3 Å². The molecule has 0 bridgehead atoms. The smallest absolute Gasteiger partial charge is 0.264 e. The summed E-state index contributed by atoms with van der Waals surface area (Å²) in [7, 11) is -2.65. The average Bonchev–Trinajstić information content (AvgIpc) is 2.85. The molecule has 9 nitrogen and oxygen atoms in total. The van der Waals surface area contributed by atoms with Gasteiger partial charge in [-0.3, -0.25) is 13.9 Å². The number of ether oxygens (including phenoxy) is 1. The summed E-state index contributed by atoms with van der Waals surface area (Å²) >= 11 is 6.09. The maximum Gasteiger partial charge on any atom is 0.264 e. The normalized spacial score (nSPS) is 11.5. The van der Waals surface area contributed by atoms with Gasteiger partial charge < -0.3 is 10.1 Å². The Hall–Kier alpha value is -3.89. The van der Waals surface area contributed by atoms with Gasteiger partial charge in [-0.1, -0.05) is 29.8 Å². The van der Waals surface area contributed by atoms with Crippen LogP contribution in [0.1, 0.15) is 19.4 Å². The van der Waals surface area contributed by atoms with Crippen molar-refractivity contribution in [3.8, 4) is 5.75 Å². The number of hydrogen-bond donors (Lipinski definition) is 2. The molecular weight excluding hydrogens is 504 g/mol. The van der Waals surface area contributed by atoms with Gasteiger partial charge in [0.25, 0.3) is 15.9 Å². The van der Waals surface area contributed by atoms with Crippen LogP contribution in [0.3, 0.4) is 0 Å². The Balaban J connectivity index is 1.85. The number of halogens is 1. The lowest BCUT2D eigenvalue weighted by molar-refractivity contribution is -0.119. The molecule has 0 aromatic heterocycles. The van der Waals surface area contributed by atoms with Gasteiger partial charge in [-0.2, -0.15) is 5.10 Å². The van der Waals surface area contributed by atoms with E-state index in [1.54, 1.807) is 49.4 Å². The van der Waals surface area contributed by atoms with Crippen LogP contribution in [0.4, 0.5) is 11.4 Å². The molecule has 3 aromatic rings. The molecule has 2 amide bonds. The molecule has 0 spiro atoms. The zero-order valence-electron chi connectivity index (χ0n) is 19.9. The van der Waals surface area contributed by atoms with E-state index in [2.05, 4.69) is 15.8 Å². The van der Waals surface area contributed by atoms with Gasteiger partial charge in [0.1, 0.15) is 12.3 Å². The fourth-order valence-corrected chi connectivity index (χ4v) is 4.82. The first-order valence-electron chi connectivity index (χ1n) is 10.7. The van der Waals surface area contributed by atoms with E-state index in [1.807, 2.05) is 0 Å². The first kappa shape index (κ1) is 26.7. The zero-order valence-corrected chi connectivity index (χ0v) is 21.4. The van der Waals surface area contributed by atoms with E-state index in [-0.39, 0.29) is 16.5 Å². The van der Waals surface area contributed by atoms with Gasteiger partial charge in [-0.25, -0.2) is 13.8 Å². The number of carbonyl (C=O) groups excluding carboxylic acids is 2. The molecule has 3 rings (SSSR count). The summed E-state index contributed by atoms with van der Waals surface area (Å²) in [5.74, 6) is -0.382. The number of hydrogen-bond acceptors (Lipinski definition) is 6. The van der Waals surface area contributed by atoms with Crippen LogP contribution in [0.25, 0.3) is 0 Å². The Labute approximate surface area is 214 Å². The number of amides is 2. The van der Waals surface area contributed by atoms with E-state index in [0.29, 0.717) is 27.7 Å². The predicted octanol–water partition coefficient (Wildman–Crippen LogP) is 4.04. The van der Waals surface area contributed by atoms with Crippen molar-refractivity contribution in [2.45, 2.75) is 18.7 Å². The Morgan fingerprint density at radius 1 is 1.00 bits per heavy atom. The van der Waals surface area contributed by atoms with E-state index in [4.69, 9.17) is 16.3 Å². The van der Waals surface area contributed by atoms with Crippen LogP contribution in [-0.4, -0.2) is 39.6 Å². The Morgan fingerprint density at radius 3 is 2.33 bits per heavy atom. The fraction of sp³-hybridized carbons (Fsp3) is 0.160. The van der Waals surface area contributed by atoms with E-state index in [1.165, 1.54) is 44.4 Å². The summed E-state index contributed by atoms with van der Waals surface area (Å²) in [5.41, 5.74) is 4.33. The van der Waals surface area contributed by atoms with Crippen LogP contribution in [0, 0.1) is 0 Å². The standard InChI is InChI=1S/C25H25ClN4O5S/c1-17(19-6-4-8-21(14-19)27-18(2)31)28-29-25(32)16-30(22-9-5-7-20(26)15-22)36(33,34)24-12-10-23(35-3)11-13-24/h4-15H,16H2,1-3H3,(H,27,31)(H,29,32)/b28-17-. The van der Waals surface area contributed by atoms with Crippen LogP contribution in [0.15, 0.2) is 82.8 Å². The van der Waals surface area contributed by atoms with Crippen LogP contribution < -0.4 is 19.8 Å². The molecule has 0 aliphatic rings. The first-order valence-corrected chi connectivity index (χ1v) is 12.6. The third-order valence-corrected chi connectivity index (χ3v) is 7.00. The van der Waals surface area contributed by atoms with E-state index in [9.17, 15) is 18.0 Å². The number of benzene rings is 3. The lowest BCUT2D eigenvalue weighted by Gasteiger charge is -2.24. The zero-order chi connectivity index (χ0) is 26.3. The quantitative estimate of drug-likeness (QED) is 0.321. The highest BCUT2D eigenvalue weighted by Crippen LogP contribution is 2.27. The second-order valence-electron chi connectivity index (χ2n) is 7.66. The first-order chi connectivity index (χ1) is 17.1. The number of carbonyl (C=O) groups is 2. The molecule has 0 aliphatic heterocycles. The SMILES string of the molecule is COc1ccc(S(=O)(=O)N(CC(=O)N/N=C(/C)c2cccc(NC(C)=O)c2)c2cccc(Cl)c2)cc1. The molecule has 0 saturated carbocycles. The number of nitrogens with one attached hydrogen (secondary N) is 2. The summed E-state index contributed by atoms with van der Waals surface area (Å²) in [4.78, 5) is 24.1. The minimum atomic E-state index is -4.13. The van der Waals surface area contributed by atoms with Crippen LogP contribution in [0.2, 0.25) is 5.02 Å². The summed E-state index contributed by atoms with van der Waals surface area (Å²) in [5, 5.41) is 7.09. The number of hydrazone groups is 1. The molecule has 0 fully saturated rings. The van der Waals surface area contributed by atoms with Gasteiger partial charge in [0, 0.05) is 17.6 Å². The van der Waals surface area contributed by atoms with Gasteiger partial charge in [0.2, 0.25) is 5.91 Å². The van der Waals surface area contributed by atoms with Crippen molar-refractivity contribution in [2.24, 2.45) is 5.10 Å². The topological polar surface area (TPSA) is 117 Å². The van der Waals surface area contributed by atoms with Crippen molar-refractivity contribution in [3.05, 3.63) is 83.4 Å². The molecule has 0 atom stereocenters. The molecule has 36 heavy (non-hydrogen) atoms. The van der Waals surface area contributed by atoms with Gasteiger partial charge in [0.05, 0.1) is 23.4 Å². The second kappa shape index (κ2) is 11.7. The molecule has 0 aliphatic carbocycles. The van der Waals surface area contributed by atoms with Crippen molar-refractivity contribution >= 4 is 50.5 Å². The summed E-state index contributed by atoms with van der Waals surface area (Å²) in [6.07, 6.45) is 0. The molecule has 0 saturated heterocycles. The maximum atomic E-state index is 13.5. The minimum absolute atomic E-state index is 0.0226. The fourth-order valence-electron chi connectivity index (χ4n) is 3.22. The van der Waals surface area contributed by atoms with E-state index < -0.39 is 22.5 Å². The molecule has 11 heteroatoms. The summed E-state index contributed by atoms with van der Waals surface area (Å²) in [6, 6.07) is 19.0. The van der Waals surface area contributed by atoms with Crippen molar-refractivity contribution in [3.63, 3.8) is 0 Å². The van der Waals surface area contributed by atoms with Crippen LogP contribution in [-0.2, 0) is 19.6 Å². The maximum absolute atomic E-state index is 13.5. The van der Waals surface area contributed by atoms with Crippen LogP contribution >= 0.6 is 11.6 Å². The van der Waals surface area contributed by atoms with Crippen LogP contribution in [0.5, 0.6) is 5.75 Å². The molecule has 0 heterocycles. The monoisotopic (exact) mass is 528 g/mol. The number of methoxy groups -OCH3 is 1. The lowest BCUT2D eigenvalue weighted by Crippen LogP contribution is -2.39. The van der Waals surface area contributed by atoms with Gasteiger partial charge in [-0.05, 0) is 67.1 Å². The van der Waals surface area contributed by atoms with E-state index >= 15 is 0 Å².